The number of anilines is 2. The summed E-state index contributed by atoms with van der Waals surface area (Å²) in [6.45, 7) is 10.4. The normalized spacial score (nSPS) is 11.3. The molecule has 0 bridgehead atoms. The van der Waals surface area contributed by atoms with Crippen LogP contribution in [0.3, 0.4) is 0 Å². The van der Waals surface area contributed by atoms with Gasteiger partial charge in [0.15, 0.2) is 0 Å². The van der Waals surface area contributed by atoms with Gasteiger partial charge < -0.3 is 11.1 Å². The summed E-state index contributed by atoms with van der Waals surface area (Å²) in [5.41, 5.74) is 11.3. The highest BCUT2D eigenvalue weighted by molar-refractivity contribution is 6.06. The standard InChI is InChI=1S/C19H24N2O/c1-12-6-8-14(9-7-12)18(22)21-16-11-15(19(3,4)5)10-13(2)17(16)20/h6-11H,20H2,1-5H3,(H,21,22). The number of benzene rings is 2. The van der Waals surface area contributed by atoms with Gasteiger partial charge in [-0.25, -0.2) is 0 Å². The minimum absolute atomic E-state index is 0.00178. The van der Waals surface area contributed by atoms with E-state index in [1.54, 1.807) is 0 Å². The Kier molecular flexibility index (Phi) is 4.27. The Labute approximate surface area is 132 Å². The first-order valence-corrected chi connectivity index (χ1v) is 7.47. The van der Waals surface area contributed by atoms with E-state index < -0.39 is 0 Å². The molecule has 0 aliphatic carbocycles. The second kappa shape index (κ2) is 5.84. The van der Waals surface area contributed by atoms with Crippen molar-refractivity contribution in [3.05, 3.63) is 58.7 Å². The zero-order chi connectivity index (χ0) is 16.5. The first-order valence-electron chi connectivity index (χ1n) is 7.47. The molecule has 2 aromatic rings. The fourth-order valence-electron chi connectivity index (χ4n) is 2.23. The Morgan fingerprint density at radius 1 is 1.05 bits per heavy atom. The molecule has 0 unspecified atom stereocenters. The van der Waals surface area contributed by atoms with Crippen LogP contribution in [-0.4, -0.2) is 5.91 Å². The number of aryl methyl sites for hydroxylation is 2. The lowest BCUT2D eigenvalue weighted by Gasteiger charge is -2.22. The van der Waals surface area contributed by atoms with Crippen LogP contribution in [0, 0.1) is 13.8 Å². The van der Waals surface area contributed by atoms with Gasteiger partial charge in [0.25, 0.3) is 5.91 Å². The molecule has 0 aromatic heterocycles. The number of nitrogens with one attached hydrogen (secondary N) is 1. The molecule has 0 aliphatic heterocycles. The van der Waals surface area contributed by atoms with Crippen molar-refractivity contribution in [2.75, 3.05) is 11.1 Å². The molecule has 2 aromatic carbocycles. The average Bonchev–Trinajstić information content (AvgIpc) is 2.43. The topological polar surface area (TPSA) is 55.1 Å². The Morgan fingerprint density at radius 2 is 1.64 bits per heavy atom. The highest BCUT2D eigenvalue weighted by Gasteiger charge is 2.18. The maximum absolute atomic E-state index is 12.4. The van der Waals surface area contributed by atoms with Crippen LogP contribution >= 0.6 is 0 Å². The number of hydrogen-bond acceptors (Lipinski definition) is 2. The van der Waals surface area contributed by atoms with Gasteiger partial charge in [-0.05, 0) is 48.6 Å². The second-order valence-corrected chi connectivity index (χ2v) is 6.82. The van der Waals surface area contributed by atoms with E-state index in [1.165, 1.54) is 0 Å². The summed E-state index contributed by atoms with van der Waals surface area (Å²) in [6.07, 6.45) is 0. The van der Waals surface area contributed by atoms with E-state index in [0.29, 0.717) is 16.9 Å². The van der Waals surface area contributed by atoms with Crippen LogP contribution in [0.25, 0.3) is 0 Å². The first kappa shape index (κ1) is 16.1. The fourth-order valence-corrected chi connectivity index (χ4v) is 2.23. The second-order valence-electron chi connectivity index (χ2n) is 6.82. The van der Waals surface area contributed by atoms with Gasteiger partial charge >= 0.3 is 0 Å². The number of rotatable bonds is 2. The Bertz CT molecular complexity index is 695. The van der Waals surface area contributed by atoms with E-state index in [4.69, 9.17) is 5.73 Å². The Morgan fingerprint density at radius 3 is 2.18 bits per heavy atom. The van der Waals surface area contributed by atoms with Crippen molar-refractivity contribution in [1.82, 2.24) is 0 Å². The smallest absolute Gasteiger partial charge is 0.255 e. The number of amides is 1. The molecule has 0 radical (unpaired) electrons. The number of nitrogens with two attached hydrogens (primary N) is 1. The van der Waals surface area contributed by atoms with E-state index in [2.05, 4.69) is 32.2 Å². The molecule has 2 rings (SSSR count). The molecule has 0 fully saturated rings. The number of hydrogen-bond donors (Lipinski definition) is 2. The highest BCUT2D eigenvalue weighted by Crippen LogP contribution is 2.31. The van der Waals surface area contributed by atoms with Crippen LogP contribution in [-0.2, 0) is 5.41 Å². The van der Waals surface area contributed by atoms with Crippen molar-refractivity contribution in [1.29, 1.82) is 0 Å². The largest absolute Gasteiger partial charge is 0.397 e. The molecule has 0 aliphatic rings. The summed E-state index contributed by atoms with van der Waals surface area (Å²) in [5, 5.41) is 2.94. The van der Waals surface area contributed by atoms with E-state index >= 15 is 0 Å². The lowest BCUT2D eigenvalue weighted by atomic mass is 9.85. The van der Waals surface area contributed by atoms with Crippen LogP contribution in [0.4, 0.5) is 11.4 Å². The molecule has 0 saturated carbocycles. The Hall–Kier alpha value is -2.29. The quantitative estimate of drug-likeness (QED) is 0.805. The molecule has 0 heterocycles. The van der Waals surface area contributed by atoms with E-state index in [-0.39, 0.29) is 11.3 Å². The zero-order valence-corrected chi connectivity index (χ0v) is 13.9. The van der Waals surface area contributed by atoms with Crippen molar-refractivity contribution >= 4 is 17.3 Å². The van der Waals surface area contributed by atoms with E-state index in [1.807, 2.05) is 44.2 Å². The van der Waals surface area contributed by atoms with Crippen LogP contribution in [0.15, 0.2) is 36.4 Å². The Balaban J connectivity index is 2.34. The lowest BCUT2D eigenvalue weighted by Crippen LogP contribution is -2.17. The minimum atomic E-state index is -0.142. The summed E-state index contributed by atoms with van der Waals surface area (Å²) >= 11 is 0. The summed E-state index contributed by atoms with van der Waals surface area (Å²) in [5.74, 6) is -0.142. The van der Waals surface area contributed by atoms with Crippen molar-refractivity contribution in [2.24, 2.45) is 0 Å². The SMILES string of the molecule is Cc1ccc(C(=O)Nc2cc(C(C)(C)C)cc(C)c2N)cc1. The first-order chi connectivity index (χ1) is 10.2. The van der Waals surface area contributed by atoms with E-state index in [0.717, 1.165) is 16.7 Å². The van der Waals surface area contributed by atoms with Gasteiger partial charge in [0.1, 0.15) is 0 Å². The maximum Gasteiger partial charge on any atom is 0.255 e. The van der Waals surface area contributed by atoms with Crippen LogP contribution in [0.2, 0.25) is 0 Å². The number of nitrogen functional groups attached to an aromatic ring is 1. The maximum atomic E-state index is 12.4. The van der Waals surface area contributed by atoms with Gasteiger partial charge in [0.2, 0.25) is 0 Å². The summed E-state index contributed by atoms with van der Waals surface area (Å²) in [7, 11) is 0. The molecular weight excluding hydrogens is 272 g/mol. The third-order valence-corrected chi connectivity index (χ3v) is 3.81. The molecule has 116 valence electrons. The number of carbonyl (C=O) groups excluding carboxylic acids is 1. The molecule has 0 saturated heterocycles. The molecule has 0 atom stereocenters. The predicted octanol–water partition coefficient (Wildman–Crippen LogP) is 4.44. The van der Waals surface area contributed by atoms with Gasteiger partial charge in [-0.2, -0.15) is 0 Å². The van der Waals surface area contributed by atoms with Crippen molar-refractivity contribution in [3.63, 3.8) is 0 Å². The van der Waals surface area contributed by atoms with Crippen molar-refractivity contribution in [3.8, 4) is 0 Å². The minimum Gasteiger partial charge on any atom is -0.397 e. The van der Waals surface area contributed by atoms with Crippen molar-refractivity contribution < 1.29 is 4.79 Å². The highest BCUT2D eigenvalue weighted by atomic mass is 16.1. The van der Waals surface area contributed by atoms with Crippen LogP contribution in [0.1, 0.15) is 47.8 Å². The molecule has 0 spiro atoms. The van der Waals surface area contributed by atoms with E-state index in [9.17, 15) is 4.79 Å². The third-order valence-electron chi connectivity index (χ3n) is 3.81. The monoisotopic (exact) mass is 296 g/mol. The van der Waals surface area contributed by atoms with Gasteiger partial charge in [-0.1, -0.05) is 44.5 Å². The van der Waals surface area contributed by atoms with Gasteiger partial charge in [0.05, 0.1) is 11.4 Å². The van der Waals surface area contributed by atoms with Gasteiger partial charge in [0, 0.05) is 5.56 Å². The van der Waals surface area contributed by atoms with Crippen LogP contribution < -0.4 is 11.1 Å². The fraction of sp³-hybridized carbons (Fsp3) is 0.316. The summed E-state index contributed by atoms with van der Waals surface area (Å²) in [4.78, 5) is 12.4. The average molecular weight is 296 g/mol. The summed E-state index contributed by atoms with van der Waals surface area (Å²) in [6, 6.07) is 11.5. The van der Waals surface area contributed by atoms with Gasteiger partial charge in [-0.3, -0.25) is 4.79 Å². The van der Waals surface area contributed by atoms with Gasteiger partial charge in [-0.15, -0.1) is 0 Å². The summed E-state index contributed by atoms with van der Waals surface area (Å²) < 4.78 is 0. The van der Waals surface area contributed by atoms with Crippen LogP contribution in [0.5, 0.6) is 0 Å². The molecule has 3 heteroatoms. The molecular formula is C19H24N2O. The predicted molar refractivity (Wildman–Crippen MR) is 93.4 cm³/mol. The zero-order valence-electron chi connectivity index (χ0n) is 13.9. The third kappa shape index (κ3) is 3.48. The molecule has 3 N–H and O–H groups in total. The molecule has 22 heavy (non-hydrogen) atoms. The number of carbonyl (C=O) groups is 1. The van der Waals surface area contributed by atoms with Crippen molar-refractivity contribution in [2.45, 2.75) is 40.0 Å². The molecule has 1 amide bonds. The molecule has 3 nitrogen and oxygen atoms in total. The lowest BCUT2D eigenvalue weighted by molar-refractivity contribution is 0.102.